The smallest absolute Gasteiger partial charge is 0.222 e. The minimum absolute atomic E-state index is 0.385. The van der Waals surface area contributed by atoms with Crippen LogP contribution in [0.3, 0.4) is 0 Å². The van der Waals surface area contributed by atoms with Crippen LogP contribution in [0.1, 0.15) is 45.4 Å². The first-order valence-electron chi connectivity index (χ1n) is 6.77. The van der Waals surface area contributed by atoms with Gasteiger partial charge in [0.05, 0.1) is 0 Å². The van der Waals surface area contributed by atoms with Crippen molar-refractivity contribution < 1.29 is 4.79 Å². The monoisotopic (exact) mass is 224 g/mol. The van der Waals surface area contributed by atoms with Gasteiger partial charge in [0, 0.05) is 25.6 Å². The van der Waals surface area contributed by atoms with Crippen molar-refractivity contribution >= 4 is 5.91 Å². The molecule has 2 aliphatic heterocycles. The maximum absolute atomic E-state index is 11.9. The minimum atomic E-state index is 0.385. The van der Waals surface area contributed by atoms with E-state index in [4.69, 9.17) is 0 Å². The van der Waals surface area contributed by atoms with Crippen LogP contribution in [0.2, 0.25) is 0 Å². The van der Waals surface area contributed by atoms with E-state index in [-0.39, 0.29) is 0 Å². The first kappa shape index (κ1) is 11.9. The Morgan fingerprint density at radius 1 is 1.31 bits per heavy atom. The van der Waals surface area contributed by atoms with Gasteiger partial charge in [-0.1, -0.05) is 6.42 Å². The zero-order valence-electron chi connectivity index (χ0n) is 10.4. The summed E-state index contributed by atoms with van der Waals surface area (Å²) in [5.74, 6) is 1.06. The molecule has 2 fully saturated rings. The predicted molar refractivity (Wildman–Crippen MR) is 65.2 cm³/mol. The summed E-state index contributed by atoms with van der Waals surface area (Å²) < 4.78 is 0. The predicted octanol–water partition coefficient (Wildman–Crippen LogP) is 1.78. The molecule has 1 N–H and O–H groups in total. The van der Waals surface area contributed by atoms with Gasteiger partial charge in [0.1, 0.15) is 0 Å². The maximum Gasteiger partial charge on any atom is 0.222 e. The molecule has 2 atom stereocenters. The fraction of sp³-hybridized carbons (Fsp3) is 0.923. The van der Waals surface area contributed by atoms with E-state index in [0.717, 1.165) is 32.5 Å². The van der Waals surface area contributed by atoms with Crippen LogP contribution in [-0.4, -0.2) is 36.5 Å². The van der Waals surface area contributed by atoms with E-state index in [1.165, 1.54) is 25.7 Å². The van der Waals surface area contributed by atoms with E-state index >= 15 is 0 Å². The quantitative estimate of drug-likeness (QED) is 0.775. The molecule has 0 bridgehead atoms. The molecule has 2 rings (SSSR count). The summed E-state index contributed by atoms with van der Waals surface area (Å²) in [6.07, 6.45) is 6.82. The second-order valence-corrected chi connectivity index (χ2v) is 5.40. The van der Waals surface area contributed by atoms with Crippen LogP contribution >= 0.6 is 0 Å². The largest absolute Gasteiger partial charge is 0.342 e. The second-order valence-electron chi connectivity index (χ2n) is 5.40. The van der Waals surface area contributed by atoms with Crippen molar-refractivity contribution in [3.8, 4) is 0 Å². The van der Waals surface area contributed by atoms with Crippen molar-refractivity contribution in [2.24, 2.45) is 5.92 Å². The molecule has 1 amide bonds. The van der Waals surface area contributed by atoms with Crippen molar-refractivity contribution in [1.29, 1.82) is 0 Å². The molecular weight excluding hydrogens is 200 g/mol. The van der Waals surface area contributed by atoms with Crippen LogP contribution in [-0.2, 0) is 4.79 Å². The number of hydrogen-bond donors (Lipinski definition) is 1. The Hall–Kier alpha value is -0.570. The third-order valence-corrected chi connectivity index (χ3v) is 3.91. The van der Waals surface area contributed by atoms with Crippen LogP contribution < -0.4 is 5.32 Å². The third kappa shape index (κ3) is 3.21. The average molecular weight is 224 g/mol. The molecule has 3 nitrogen and oxygen atoms in total. The number of carbonyl (C=O) groups excluding carboxylic acids is 1. The molecule has 2 unspecified atom stereocenters. The second kappa shape index (κ2) is 5.67. The lowest BCUT2D eigenvalue weighted by atomic mass is 9.95. The topological polar surface area (TPSA) is 32.3 Å². The van der Waals surface area contributed by atoms with Gasteiger partial charge < -0.3 is 10.2 Å². The number of likely N-dealkylation sites (tertiary alicyclic amines) is 1. The van der Waals surface area contributed by atoms with E-state index in [1.807, 2.05) is 0 Å². The van der Waals surface area contributed by atoms with Crippen molar-refractivity contribution in [2.45, 2.75) is 51.5 Å². The zero-order chi connectivity index (χ0) is 11.4. The number of piperidine rings is 1. The molecule has 0 radical (unpaired) electrons. The normalized spacial score (nSPS) is 32.6. The SMILES string of the molecule is CC1CCC(CN2CCCCCC2=O)CN1. The van der Waals surface area contributed by atoms with Gasteiger partial charge in [0.2, 0.25) is 5.91 Å². The first-order chi connectivity index (χ1) is 7.75. The highest BCUT2D eigenvalue weighted by atomic mass is 16.2. The molecule has 0 aromatic heterocycles. The Bertz CT molecular complexity index is 234. The van der Waals surface area contributed by atoms with Gasteiger partial charge in [-0.15, -0.1) is 0 Å². The van der Waals surface area contributed by atoms with E-state index in [1.54, 1.807) is 0 Å². The van der Waals surface area contributed by atoms with Gasteiger partial charge in [-0.2, -0.15) is 0 Å². The number of amides is 1. The minimum Gasteiger partial charge on any atom is -0.342 e. The van der Waals surface area contributed by atoms with Crippen molar-refractivity contribution in [1.82, 2.24) is 10.2 Å². The molecule has 0 saturated carbocycles. The average Bonchev–Trinajstić information content (AvgIpc) is 2.48. The molecule has 0 spiro atoms. The van der Waals surface area contributed by atoms with E-state index < -0.39 is 0 Å². The van der Waals surface area contributed by atoms with Crippen LogP contribution in [0.4, 0.5) is 0 Å². The van der Waals surface area contributed by atoms with Gasteiger partial charge in [-0.25, -0.2) is 0 Å². The molecule has 2 heterocycles. The highest BCUT2D eigenvalue weighted by Gasteiger charge is 2.23. The maximum atomic E-state index is 11.9. The molecule has 0 aromatic carbocycles. The van der Waals surface area contributed by atoms with E-state index in [0.29, 0.717) is 17.9 Å². The Morgan fingerprint density at radius 2 is 2.19 bits per heavy atom. The Kier molecular flexibility index (Phi) is 4.22. The van der Waals surface area contributed by atoms with Crippen LogP contribution in [0.5, 0.6) is 0 Å². The summed E-state index contributed by atoms with van der Waals surface area (Å²) in [6.45, 7) is 5.31. The summed E-state index contributed by atoms with van der Waals surface area (Å²) in [6, 6.07) is 0.663. The molecule has 3 heteroatoms. The van der Waals surface area contributed by atoms with Crippen LogP contribution in [0, 0.1) is 5.92 Å². The van der Waals surface area contributed by atoms with Crippen molar-refractivity contribution in [3.05, 3.63) is 0 Å². The summed E-state index contributed by atoms with van der Waals surface area (Å²) in [4.78, 5) is 14.0. The van der Waals surface area contributed by atoms with Crippen molar-refractivity contribution in [2.75, 3.05) is 19.6 Å². The van der Waals surface area contributed by atoms with Gasteiger partial charge in [-0.3, -0.25) is 4.79 Å². The Balaban J connectivity index is 1.80. The fourth-order valence-corrected chi connectivity index (χ4v) is 2.76. The van der Waals surface area contributed by atoms with Crippen molar-refractivity contribution in [3.63, 3.8) is 0 Å². The fourth-order valence-electron chi connectivity index (χ4n) is 2.76. The Morgan fingerprint density at radius 3 is 2.94 bits per heavy atom. The highest BCUT2D eigenvalue weighted by molar-refractivity contribution is 5.76. The van der Waals surface area contributed by atoms with Crippen LogP contribution in [0.25, 0.3) is 0 Å². The van der Waals surface area contributed by atoms with Gasteiger partial charge in [0.15, 0.2) is 0 Å². The lowest BCUT2D eigenvalue weighted by Crippen LogP contribution is -2.43. The molecule has 0 aliphatic carbocycles. The number of rotatable bonds is 2. The van der Waals surface area contributed by atoms with E-state index in [9.17, 15) is 4.79 Å². The van der Waals surface area contributed by atoms with E-state index in [2.05, 4.69) is 17.1 Å². The molecule has 16 heavy (non-hydrogen) atoms. The lowest BCUT2D eigenvalue weighted by Gasteiger charge is -2.32. The summed E-state index contributed by atoms with van der Waals surface area (Å²) >= 11 is 0. The number of hydrogen-bond acceptors (Lipinski definition) is 2. The molecule has 0 aromatic rings. The third-order valence-electron chi connectivity index (χ3n) is 3.91. The Labute approximate surface area is 98.6 Å². The number of nitrogens with zero attached hydrogens (tertiary/aromatic N) is 1. The zero-order valence-corrected chi connectivity index (χ0v) is 10.4. The lowest BCUT2D eigenvalue weighted by molar-refractivity contribution is -0.131. The van der Waals surface area contributed by atoms with Gasteiger partial charge >= 0.3 is 0 Å². The molecule has 2 aliphatic rings. The number of carbonyl (C=O) groups is 1. The molecule has 2 saturated heterocycles. The summed E-state index contributed by atoms with van der Waals surface area (Å²) in [5, 5.41) is 3.51. The van der Waals surface area contributed by atoms with Gasteiger partial charge in [-0.05, 0) is 45.1 Å². The highest BCUT2D eigenvalue weighted by Crippen LogP contribution is 2.18. The van der Waals surface area contributed by atoms with Crippen LogP contribution in [0.15, 0.2) is 0 Å². The summed E-state index contributed by atoms with van der Waals surface area (Å²) in [5.41, 5.74) is 0. The first-order valence-corrected chi connectivity index (χ1v) is 6.77. The molecule has 92 valence electrons. The summed E-state index contributed by atoms with van der Waals surface area (Å²) in [7, 11) is 0. The van der Waals surface area contributed by atoms with Gasteiger partial charge in [0.25, 0.3) is 0 Å². The molecular formula is C13H24N2O. The number of nitrogens with one attached hydrogen (secondary N) is 1. The standard InChI is InChI=1S/C13H24N2O/c1-11-6-7-12(9-14-11)10-15-8-4-2-3-5-13(15)16/h11-12,14H,2-10H2,1H3.